The number of hydrogen-bond acceptors (Lipinski definition) is 6. The summed E-state index contributed by atoms with van der Waals surface area (Å²) in [6.07, 6.45) is 5.45. The monoisotopic (exact) mass is 372 g/mol. The topological polar surface area (TPSA) is 75.9 Å². The standard InChI is InChI=1S/C19H28N6O2/c1-14-17(15(2)25-19(22-14)20-13-21-25)5-6-18(26)24-9-7-23(8-10-24)12-16-4-3-11-27-16/h13,16H,3-12H2,1-2H3. The minimum absolute atomic E-state index is 0.226. The quantitative estimate of drug-likeness (QED) is 0.779. The first-order valence-corrected chi connectivity index (χ1v) is 9.89. The zero-order valence-corrected chi connectivity index (χ0v) is 16.2. The van der Waals surface area contributed by atoms with E-state index in [1.54, 1.807) is 4.52 Å². The fourth-order valence-electron chi connectivity index (χ4n) is 4.16. The molecule has 27 heavy (non-hydrogen) atoms. The lowest BCUT2D eigenvalue weighted by atomic mass is 10.1. The van der Waals surface area contributed by atoms with Crippen molar-refractivity contribution in [2.24, 2.45) is 0 Å². The van der Waals surface area contributed by atoms with Crippen LogP contribution in [0.4, 0.5) is 0 Å². The summed E-state index contributed by atoms with van der Waals surface area (Å²) in [6, 6.07) is 0. The van der Waals surface area contributed by atoms with Crippen molar-refractivity contribution in [1.82, 2.24) is 29.4 Å². The van der Waals surface area contributed by atoms with Crippen LogP contribution in [-0.2, 0) is 16.0 Å². The molecule has 0 aliphatic carbocycles. The van der Waals surface area contributed by atoms with Crippen molar-refractivity contribution in [2.75, 3.05) is 39.3 Å². The summed E-state index contributed by atoms with van der Waals surface area (Å²) in [5.41, 5.74) is 3.05. The zero-order valence-electron chi connectivity index (χ0n) is 16.2. The van der Waals surface area contributed by atoms with Crippen molar-refractivity contribution in [2.45, 2.75) is 45.6 Å². The molecule has 8 nitrogen and oxygen atoms in total. The van der Waals surface area contributed by atoms with Gasteiger partial charge in [-0.2, -0.15) is 10.1 Å². The Bertz CT molecular complexity index is 806. The van der Waals surface area contributed by atoms with Crippen LogP contribution in [0.1, 0.15) is 36.2 Å². The highest BCUT2D eigenvalue weighted by atomic mass is 16.5. The number of ether oxygens (including phenoxy) is 1. The van der Waals surface area contributed by atoms with Gasteiger partial charge in [-0.3, -0.25) is 9.69 Å². The van der Waals surface area contributed by atoms with Gasteiger partial charge in [0.25, 0.3) is 5.78 Å². The van der Waals surface area contributed by atoms with Crippen LogP contribution in [0.25, 0.3) is 5.78 Å². The molecule has 0 saturated carbocycles. The Balaban J connectivity index is 1.30. The van der Waals surface area contributed by atoms with Gasteiger partial charge >= 0.3 is 0 Å². The predicted octanol–water partition coefficient (Wildman–Crippen LogP) is 0.997. The average Bonchev–Trinajstić information content (AvgIpc) is 3.34. The smallest absolute Gasteiger partial charge is 0.252 e. The molecular formula is C19H28N6O2. The highest BCUT2D eigenvalue weighted by Crippen LogP contribution is 2.17. The minimum atomic E-state index is 0.226. The molecule has 1 atom stereocenters. The number of carbonyl (C=O) groups is 1. The number of aromatic nitrogens is 4. The van der Waals surface area contributed by atoms with E-state index in [-0.39, 0.29) is 5.91 Å². The third-order valence-corrected chi connectivity index (χ3v) is 5.79. The number of hydrogen-bond donors (Lipinski definition) is 0. The lowest BCUT2D eigenvalue weighted by Crippen LogP contribution is -2.50. The van der Waals surface area contributed by atoms with Gasteiger partial charge in [-0.1, -0.05) is 0 Å². The fourth-order valence-corrected chi connectivity index (χ4v) is 4.16. The molecule has 146 valence electrons. The van der Waals surface area contributed by atoms with Crippen LogP contribution < -0.4 is 0 Å². The van der Waals surface area contributed by atoms with E-state index in [1.807, 2.05) is 18.7 Å². The normalized spacial score (nSPS) is 21.3. The first-order chi connectivity index (χ1) is 13.1. The second-order valence-electron chi connectivity index (χ2n) is 7.55. The molecule has 0 radical (unpaired) electrons. The average molecular weight is 372 g/mol. The number of aryl methyl sites for hydroxylation is 2. The maximum atomic E-state index is 12.7. The van der Waals surface area contributed by atoms with Gasteiger partial charge in [-0.15, -0.1) is 0 Å². The number of rotatable bonds is 5. The van der Waals surface area contributed by atoms with E-state index in [9.17, 15) is 4.79 Å². The van der Waals surface area contributed by atoms with Gasteiger partial charge in [-0.25, -0.2) is 9.50 Å². The van der Waals surface area contributed by atoms with Crippen LogP contribution in [-0.4, -0.2) is 80.7 Å². The highest BCUT2D eigenvalue weighted by Gasteiger charge is 2.25. The SMILES string of the molecule is Cc1nc2ncnn2c(C)c1CCC(=O)N1CCN(CC2CCCO2)CC1. The Morgan fingerprint density at radius 3 is 2.81 bits per heavy atom. The lowest BCUT2D eigenvalue weighted by Gasteiger charge is -2.35. The summed E-state index contributed by atoms with van der Waals surface area (Å²) >= 11 is 0. The van der Waals surface area contributed by atoms with Crippen LogP contribution in [0.5, 0.6) is 0 Å². The van der Waals surface area contributed by atoms with Crippen molar-refractivity contribution < 1.29 is 9.53 Å². The maximum absolute atomic E-state index is 12.7. The largest absolute Gasteiger partial charge is 0.377 e. The molecular weight excluding hydrogens is 344 g/mol. The van der Waals surface area contributed by atoms with Crippen LogP contribution >= 0.6 is 0 Å². The van der Waals surface area contributed by atoms with Gasteiger partial charge in [0.05, 0.1) is 6.10 Å². The molecule has 2 aliphatic rings. The Kier molecular flexibility index (Phi) is 5.36. The van der Waals surface area contributed by atoms with Crippen molar-refractivity contribution >= 4 is 11.7 Å². The fraction of sp³-hybridized carbons (Fsp3) is 0.684. The van der Waals surface area contributed by atoms with E-state index in [2.05, 4.69) is 20.0 Å². The van der Waals surface area contributed by atoms with Crippen LogP contribution in [0, 0.1) is 13.8 Å². The van der Waals surface area contributed by atoms with E-state index < -0.39 is 0 Å². The molecule has 2 saturated heterocycles. The molecule has 2 aromatic rings. The zero-order chi connectivity index (χ0) is 18.8. The molecule has 0 aromatic carbocycles. The Labute approximate surface area is 159 Å². The second kappa shape index (κ2) is 7.90. The summed E-state index contributed by atoms with van der Waals surface area (Å²) in [7, 11) is 0. The third kappa shape index (κ3) is 3.96. The number of piperazine rings is 1. The number of fused-ring (bicyclic) bond motifs is 1. The maximum Gasteiger partial charge on any atom is 0.252 e. The third-order valence-electron chi connectivity index (χ3n) is 5.79. The Morgan fingerprint density at radius 2 is 2.07 bits per heavy atom. The van der Waals surface area contributed by atoms with Gasteiger partial charge < -0.3 is 9.64 Å². The number of carbonyl (C=O) groups excluding carboxylic acids is 1. The molecule has 0 spiro atoms. The summed E-state index contributed by atoms with van der Waals surface area (Å²) < 4.78 is 7.47. The molecule has 8 heteroatoms. The van der Waals surface area contributed by atoms with Crippen LogP contribution in [0.2, 0.25) is 0 Å². The van der Waals surface area contributed by atoms with Gasteiger partial charge in [0.2, 0.25) is 5.91 Å². The van der Waals surface area contributed by atoms with Gasteiger partial charge in [-0.05, 0) is 38.7 Å². The molecule has 0 N–H and O–H groups in total. The van der Waals surface area contributed by atoms with Crippen molar-refractivity contribution in [3.8, 4) is 0 Å². The molecule has 2 fully saturated rings. The molecule has 1 amide bonds. The summed E-state index contributed by atoms with van der Waals surface area (Å²) in [5.74, 6) is 0.840. The Morgan fingerprint density at radius 1 is 1.26 bits per heavy atom. The van der Waals surface area contributed by atoms with E-state index in [4.69, 9.17) is 4.74 Å². The summed E-state index contributed by atoms with van der Waals surface area (Å²) in [4.78, 5) is 25.7. The Hall–Kier alpha value is -2.06. The predicted molar refractivity (Wildman–Crippen MR) is 101 cm³/mol. The second-order valence-corrected chi connectivity index (χ2v) is 7.55. The van der Waals surface area contributed by atoms with E-state index in [1.165, 1.54) is 19.2 Å². The van der Waals surface area contributed by atoms with Crippen molar-refractivity contribution in [1.29, 1.82) is 0 Å². The van der Waals surface area contributed by atoms with E-state index >= 15 is 0 Å². The number of amides is 1. The van der Waals surface area contributed by atoms with Gasteiger partial charge in [0.1, 0.15) is 6.33 Å². The van der Waals surface area contributed by atoms with Gasteiger partial charge in [0, 0.05) is 57.1 Å². The molecule has 4 heterocycles. The molecule has 1 unspecified atom stereocenters. The number of nitrogens with zero attached hydrogens (tertiary/aromatic N) is 6. The van der Waals surface area contributed by atoms with E-state index in [0.717, 1.165) is 56.3 Å². The van der Waals surface area contributed by atoms with Crippen molar-refractivity contribution in [3.05, 3.63) is 23.3 Å². The molecule has 2 aromatic heterocycles. The summed E-state index contributed by atoms with van der Waals surface area (Å²) in [5, 5.41) is 4.22. The molecule has 4 rings (SSSR count). The van der Waals surface area contributed by atoms with Crippen LogP contribution in [0.15, 0.2) is 6.33 Å². The van der Waals surface area contributed by atoms with Crippen molar-refractivity contribution in [3.63, 3.8) is 0 Å². The molecule has 2 aliphatic heterocycles. The first-order valence-electron chi connectivity index (χ1n) is 9.89. The minimum Gasteiger partial charge on any atom is -0.377 e. The lowest BCUT2D eigenvalue weighted by molar-refractivity contribution is -0.133. The highest BCUT2D eigenvalue weighted by molar-refractivity contribution is 5.76. The van der Waals surface area contributed by atoms with Gasteiger partial charge in [0.15, 0.2) is 0 Å². The van der Waals surface area contributed by atoms with E-state index in [0.29, 0.717) is 24.7 Å². The first kappa shape index (κ1) is 18.3. The summed E-state index contributed by atoms with van der Waals surface area (Å²) in [6.45, 7) is 9.40. The molecule has 0 bridgehead atoms. The van der Waals surface area contributed by atoms with Crippen LogP contribution in [0.3, 0.4) is 0 Å².